The van der Waals surface area contributed by atoms with Crippen LogP contribution < -0.4 is 10.6 Å². The van der Waals surface area contributed by atoms with Crippen LogP contribution in [0.15, 0.2) is 4.99 Å². The minimum absolute atomic E-state index is 0. The Kier molecular flexibility index (Phi) is 10.3. The van der Waals surface area contributed by atoms with Crippen molar-refractivity contribution in [2.24, 2.45) is 18.0 Å². The predicted octanol–water partition coefficient (Wildman–Crippen LogP) is 2.39. The average molecular weight is 464 g/mol. The quantitative estimate of drug-likeness (QED) is 0.281. The molecule has 2 rings (SSSR count). The van der Waals surface area contributed by atoms with E-state index in [1.807, 2.05) is 18.5 Å². The Bertz CT molecular complexity index is 533. The van der Waals surface area contributed by atoms with Gasteiger partial charge in [-0.3, -0.25) is 0 Å². The molecule has 1 aliphatic rings. The van der Waals surface area contributed by atoms with Crippen LogP contribution >= 0.6 is 24.0 Å². The molecule has 1 fully saturated rings. The standard InChI is InChI=1S/C17H32N6O.HI/c1-13-7-5-8-15(11-13)20-17(18-9-6-10-24-4)19-12-16-22-21-14(2)23(16)3;/h13,15H,5-12H2,1-4H3,(H2,18,19,20);1H. The fourth-order valence-corrected chi connectivity index (χ4v) is 3.07. The van der Waals surface area contributed by atoms with E-state index in [1.165, 1.54) is 25.7 Å². The largest absolute Gasteiger partial charge is 0.385 e. The number of halogens is 1. The molecule has 1 aliphatic carbocycles. The number of hydrogen-bond acceptors (Lipinski definition) is 4. The molecule has 7 nitrogen and oxygen atoms in total. The van der Waals surface area contributed by atoms with Gasteiger partial charge < -0.3 is 19.9 Å². The molecule has 0 radical (unpaired) electrons. The van der Waals surface area contributed by atoms with Crippen LogP contribution in [0.2, 0.25) is 0 Å². The Hall–Kier alpha value is -0.900. The van der Waals surface area contributed by atoms with Crippen LogP contribution in [0.1, 0.15) is 50.7 Å². The zero-order chi connectivity index (χ0) is 17.4. The number of aromatic nitrogens is 3. The zero-order valence-electron chi connectivity index (χ0n) is 15.9. The summed E-state index contributed by atoms with van der Waals surface area (Å²) in [5.41, 5.74) is 0. The number of hydrogen-bond donors (Lipinski definition) is 2. The topological polar surface area (TPSA) is 76.4 Å². The van der Waals surface area contributed by atoms with Gasteiger partial charge >= 0.3 is 0 Å². The normalized spacial score (nSPS) is 20.9. The summed E-state index contributed by atoms with van der Waals surface area (Å²) in [5.74, 6) is 3.43. The Labute approximate surface area is 168 Å². The molecule has 1 aromatic rings. The van der Waals surface area contributed by atoms with Crippen molar-refractivity contribution in [3.63, 3.8) is 0 Å². The second-order valence-corrected chi connectivity index (χ2v) is 6.77. The summed E-state index contributed by atoms with van der Waals surface area (Å²) in [6.07, 6.45) is 6.01. The zero-order valence-corrected chi connectivity index (χ0v) is 18.2. The third kappa shape index (κ3) is 7.47. The lowest BCUT2D eigenvalue weighted by molar-refractivity contribution is 0.195. The number of aliphatic imine (C=N–C) groups is 1. The molecule has 0 amide bonds. The first-order valence-corrected chi connectivity index (χ1v) is 8.98. The summed E-state index contributed by atoms with van der Waals surface area (Å²) in [7, 11) is 3.70. The fraction of sp³-hybridized carbons (Fsp3) is 0.824. The number of rotatable bonds is 7. The lowest BCUT2D eigenvalue weighted by atomic mass is 9.87. The third-order valence-electron chi connectivity index (χ3n) is 4.66. The van der Waals surface area contributed by atoms with Crippen LogP contribution in [0.5, 0.6) is 0 Å². The van der Waals surface area contributed by atoms with Crippen molar-refractivity contribution in [3.05, 3.63) is 11.6 Å². The number of nitrogens with one attached hydrogen (secondary N) is 2. The molecule has 1 heterocycles. The molecule has 0 saturated heterocycles. The second-order valence-electron chi connectivity index (χ2n) is 6.77. The average Bonchev–Trinajstić information content (AvgIpc) is 2.88. The second kappa shape index (κ2) is 11.7. The van der Waals surface area contributed by atoms with Gasteiger partial charge in [0, 0.05) is 33.4 Å². The van der Waals surface area contributed by atoms with Crippen LogP contribution in [-0.2, 0) is 18.3 Å². The lowest BCUT2D eigenvalue weighted by Gasteiger charge is -2.29. The number of guanidine groups is 1. The van der Waals surface area contributed by atoms with E-state index in [4.69, 9.17) is 9.73 Å². The molecule has 1 saturated carbocycles. The number of nitrogens with zero attached hydrogens (tertiary/aromatic N) is 4. The van der Waals surface area contributed by atoms with Crippen molar-refractivity contribution < 1.29 is 4.74 Å². The van der Waals surface area contributed by atoms with E-state index in [2.05, 4.69) is 27.8 Å². The molecule has 1 aromatic heterocycles. The van der Waals surface area contributed by atoms with Gasteiger partial charge in [0.15, 0.2) is 11.8 Å². The SMILES string of the molecule is COCCCNC(=NCc1nnc(C)n1C)NC1CCCC(C)C1.I. The van der Waals surface area contributed by atoms with E-state index in [9.17, 15) is 0 Å². The highest BCUT2D eigenvalue weighted by Gasteiger charge is 2.19. The maximum Gasteiger partial charge on any atom is 0.191 e. The van der Waals surface area contributed by atoms with E-state index in [-0.39, 0.29) is 24.0 Å². The molecule has 2 unspecified atom stereocenters. The summed E-state index contributed by atoms with van der Waals surface area (Å²) < 4.78 is 7.09. The maximum atomic E-state index is 5.11. The lowest BCUT2D eigenvalue weighted by Crippen LogP contribution is -2.45. The van der Waals surface area contributed by atoms with Crippen molar-refractivity contribution >= 4 is 29.9 Å². The molecule has 2 N–H and O–H groups in total. The molecular formula is C17H33IN6O. The summed E-state index contributed by atoms with van der Waals surface area (Å²) in [4.78, 5) is 4.72. The smallest absolute Gasteiger partial charge is 0.191 e. The van der Waals surface area contributed by atoms with Crippen molar-refractivity contribution in [1.82, 2.24) is 25.4 Å². The summed E-state index contributed by atoms with van der Waals surface area (Å²) >= 11 is 0. The number of methoxy groups -OCH3 is 1. The highest BCUT2D eigenvalue weighted by Crippen LogP contribution is 2.23. The fourth-order valence-electron chi connectivity index (χ4n) is 3.07. The number of ether oxygens (including phenoxy) is 1. The van der Waals surface area contributed by atoms with E-state index < -0.39 is 0 Å². The van der Waals surface area contributed by atoms with Gasteiger partial charge in [-0.1, -0.05) is 19.8 Å². The van der Waals surface area contributed by atoms with Gasteiger partial charge in [0.2, 0.25) is 0 Å². The first kappa shape index (κ1) is 22.1. The van der Waals surface area contributed by atoms with Crippen LogP contribution in [0.4, 0.5) is 0 Å². The molecule has 8 heteroatoms. The molecule has 0 spiro atoms. The monoisotopic (exact) mass is 464 g/mol. The molecule has 2 atom stereocenters. The molecule has 0 bridgehead atoms. The summed E-state index contributed by atoms with van der Waals surface area (Å²) in [5, 5.41) is 15.3. The highest BCUT2D eigenvalue weighted by molar-refractivity contribution is 14.0. The van der Waals surface area contributed by atoms with Crippen LogP contribution in [0.3, 0.4) is 0 Å². The van der Waals surface area contributed by atoms with Crippen molar-refractivity contribution in [1.29, 1.82) is 0 Å². The van der Waals surface area contributed by atoms with Crippen molar-refractivity contribution in [2.75, 3.05) is 20.3 Å². The molecule has 0 aromatic carbocycles. The Balaban J connectivity index is 0.00000312. The van der Waals surface area contributed by atoms with E-state index in [0.29, 0.717) is 12.6 Å². The van der Waals surface area contributed by atoms with Gasteiger partial charge in [0.25, 0.3) is 0 Å². The van der Waals surface area contributed by atoms with Crippen LogP contribution in [0, 0.1) is 12.8 Å². The Morgan fingerprint density at radius 3 is 2.80 bits per heavy atom. The minimum atomic E-state index is 0. The van der Waals surface area contributed by atoms with Crippen molar-refractivity contribution in [2.45, 2.75) is 58.5 Å². The minimum Gasteiger partial charge on any atom is -0.385 e. The van der Waals surface area contributed by atoms with E-state index in [1.54, 1.807) is 7.11 Å². The first-order valence-electron chi connectivity index (χ1n) is 8.98. The van der Waals surface area contributed by atoms with E-state index in [0.717, 1.165) is 43.1 Å². The highest BCUT2D eigenvalue weighted by atomic mass is 127. The van der Waals surface area contributed by atoms with Gasteiger partial charge in [0.05, 0.1) is 0 Å². The predicted molar refractivity (Wildman–Crippen MR) is 111 cm³/mol. The van der Waals surface area contributed by atoms with Gasteiger partial charge in [-0.15, -0.1) is 34.2 Å². The Morgan fingerprint density at radius 1 is 1.36 bits per heavy atom. The number of aryl methyl sites for hydroxylation is 1. The summed E-state index contributed by atoms with van der Waals surface area (Å²) in [6.45, 7) is 6.41. The van der Waals surface area contributed by atoms with Gasteiger partial charge in [-0.25, -0.2) is 4.99 Å². The molecule has 0 aliphatic heterocycles. The van der Waals surface area contributed by atoms with Crippen LogP contribution in [0.25, 0.3) is 0 Å². The third-order valence-corrected chi connectivity index (χ3v) is 4.66. The first-order chi connectivity index (χ1) is 11.6. The van der Waals surface area contributed by atoms with Crippen molar-refractivity contribution in [3.8, 4) is 0 Å². The van der Waals surface area contributed by atoms with E-state index >= 15 is 0 Å². The van der Waals surface area contributed by atoms with Crippen LogP contribution in [-0.4, -0.2) is 47.0 Å². The Morgan fingerprint density at radius 2 is 2.16 bits per heavy atom. The maximum absolute atomic E-state index is 5.11. The summed E-state index contributed by atoms with van der Waals surface area (Å²) in [6, 6.07) is 0.503. The molecule has 144 valence electrons. The van der Waals surface area contributed by atoms with Gasteiger partial charge in [-0.05, 0) is 32.1 Å². The van der Waals surface area contributed by atoms with Gasteiger partial charge in [-0.2, -0.15) is 0 Å². The molecular weight excluding hydrogens is 431 g/mol. The molecule has 25 heavy (non-hydrogen) atoms. The van der Waals surface area contributed by atoms with Gasteiger partial charge in [0.1, 0.15) is 12.4 Å².